The van der Waals surface area contributed by atoms with Gasteiger partial charge in [-0.25, -0.2) is 0 Å². The van der Waals surface area contributed by atoms with Gasteiger partial charge in [0, 0.05) is 42.7 Å². The van der Waals surface area contributed by atoms with Gasteiger partial charge in [0.25, 0.3) is 5.91 Å². The molecule has 0 saturated carbocycles. The molecule has 1 amide bonds. The van der Waals surface area contributed by atoms with E-state index in [4.69, 9.17) is 16.3 Å². The molecular weight excluding hydrogens is 472 g/mol. The second-order valence-corrected chi connectivity index (χ2v) is 9.54. The van der Waals surface area contributed by atoms with Gasteiger partial charge in [-0.05, 0) is 29.3 Å². The van der Waals surface area contributed by atoms with Crippen LogP contribution in [0.15, 0.2) is 71.7 Å². The first kappa shape index (κ1) is 24.2. The molecule has 0 fully saturated rings. The number of rotatable bonds is 9. The zero-order chi connectivity index (χ0) is 24.1. The van der Waals surface area contributed by atoms with E-state index in [1.54, 1.807) is 29.0 Å². The van der Waals surface area contributed by atoms with Crippen molar-refractivity contribution in [2.75, 3.05) is 6.61 Å². The molecule has 2 heterocycles. The van der Waals surface area contributed by atoms with Gasteiger partial charge in [-0.1, -0.05) is 54.1 Å². The average Bonchev–Trinajstić information content (AvgIpc) is 3.29. The average molecular weight is 497 g/mol. The zero-order valence-electron chi connectivity index (χ0n) is 18.7. The summed E-state index contributed by atoms with van der Waals surface area (Å²) in [7, 11) is 1.81. The maximum absolute atomic E-state index is 13.0. The fourth-order valence-electron chi connectivity index (χ4n) is 3.63. The molecule has 34 heavy (non-hydrogen) atoms. The molecular formula is C26H25ClN2O4S. The summed E-state index contributed by atoms with van der Waals surface area (Å²) in [5, 5.41) is 14.2. The van der Waals surface area contributed by atoms with Crippen LogP contribution in [0.4, 0.5) is 0 Å². The fourth-order valence-corrected chi connectivity index (χ4v) is 4.79. The molecule has 4 rings (SSSR count). The minimum atomic E-state index is -0.580. The Balaban J connectivity index is 1.39. The van der Waals surface area contributed by atoms with Gasteiger partial charge in [0.2, 0.25) is 5.43 Å². The van der Waals surface area contributed by atoms with Crippen molar-refractivity contribution in [3.05, 3.63) is 104 Å². The number of hydrogen-bond donors (Lipinski definition) is 2. The molecule has 1 atom stereocenters. The molecule has 2 N–H and O–H groups in total. The number of nitrogens with one attached hydrogen (secondary N) is 1. The first-order chi connectivity index (χ1) is 16.4. The van der Waals surface area contributed by atoms with Crippen LogP contribution in [0.1, 0.15) is 38.9 Å². The van der Waals surface area contributed by atoms with Crippen molar-refractivity contribution < 1.29 is 14.6 Å². The maximum Gasteiger partial charge on any atom is 0.257 e. The van der Waals surface area contributed by atoms with Crippen molar-refractivity contribution >= 4 is 39.1 Å². The third-order valence-electron chi connectivity index (χ3n) is 5.47. The third kappa shape index (κ3) is 5.74. The lowest BCUT2D eigenvalue weighted by Gasteiger charge is -2.10. The van der Waals surface area contributed by atoms with Crippen molar-refractivity contribution in [1.29, 1.82) is 0 Å². The summed E-state index contributed by atoms with van der Waals surface area (Å²) >= 11 is 7.35. The molecule has 4 aromatic rings. The van der Waals surface area contributed by atoms with Crippen LogP contribution in [0.2, 0.25) is 5.02 Å². The third-order valence-corrected chi connectivity index (χ3v) is 6.92. The van der Waals surface area contributed by atoms with Gasteiger partial charge in [-0.2, -0.15) is 0 Å². The monoisotopic (exact) mass is 496 g/mol. The normalized spacial score (nSPS) is 12.1. The van der Waals surface area contributed by atoms with E-state index in [1.807, 2.05) is 49.5 Å². The standard InChI is InChI=1S/C26H25ClN2O4S/c1-29-15-22(25(32)28-14-17-7-9-19(27)10-8-17)24(31)21-13-20(34-26(21)29)16-33-12-11-23(30)18-5-3-2-4-6-18/h2-10,13,15,23,30H,11-12,14,16H2,1H3,(H,28,32). The van der Waals surface area contributed by atoms with Gasteiger partial charge in [-0.15, -0.1) is 11.3 Å². The Morgan fingerprint density at radius 1 is 1.18 bits per heavy atom. The molecule has 0 aliphatic carbocycles. The molecule has 0 bridgehead atoms. The molecule has 0 aliphatic rings. The van der Waals surface area contributed by atoms with Gasteiger partial charge in [0.05, 0.1) is 18.1 Å². The molecule has 6 nitrogen and oxygen atoms in total. The van der Waals surface area contributed by atoms with Gasteiger partial charge in [-0.3, -0.25) is 9.59 Å². The van der Waals surface area contributed by atoms with Crippen LogP contribution in [0.25, 0.3) is 10.2 Å². The Labute approximate surface area is 206 Å². The zero-order valence-corrected chi connectivity index (χ0v) is 20.2. The number of aliphatic hydroxyl groups is 1. The number of aromatic nitrogens is 1. The number of benzene rings is 2. The van der Waals surface area contributed by atoms with E-state index in [9.17, 15) is 14.7 Å². The number of amides is 1. The Bertz CT molecular complexity index is 1330. The Hall–Kier alpha value is -2.97. The fraction of sp³-hybridized carbons (Fsp3) is 0.231. The maximum atomic E-state index is 13.0. The minimum Gasteiger partial charge on any atom is -0.388 e. The van der Waals surface area contributed by atoms with Gasteiger partial charge in [0.1, 0.15) is 10.4 Å². The highest BCUT2D eigenvalue weighted by atomic mass is 35.5. The summed E-state index contributed by atoms with van der Waals surface area (Å²) in [5.41, 5.74) is 1.55. The highest BCUT2D eigenvalue weighted by Crippen LogP contribution is 2.24. The van der Waals surface area contributed by atoms with Crippen LogP contribution in [-0.2, 0) is 24.9 Å². The van der Waals surface area contributed by atoms with Crippen LogP contribution in [0, 0.1) is 0 Å². The highest BCUT2D eigenvalue weighted by Gasteiger charge is 2.17. The Kier molecular flexibility index (Phi) is 7.80. The predicted molar refractivity (Wildman–Crippen MR) is 135 cm³/mol. The van der Waals surface area contributed by atoms with E-state index < -0.39 is 12.0 Å². The van der Waals surface area contributed by atoms with E-state index in [0.29, 0.717) is 36.6 Å². The largest absolute Gasteiger partial charge is 0.388 e. The topological polar surface area (TPSA) is 80.6 Å². The van der Waals surface area contributed by atoms with Crippen LogP contribution >= 0.6 is 22.9 Å². The lowest BCUT2D eigenvalue weighted by Crippen LogP contribution is -2.29. The highest BCUT2D eigenvalue weighted by molar-refractivity contribution is 7.18. The van der Waals surface area contributed by atoms with Crippen molar-refractivity contribution in [3.63, 3.8) is 0 Å². The van der Waals surface area contributed by atoms with Gasteiger partial charge < -0.3 is 19.7 Å². The summed E-state index contributed by atoms with van der Waals surface area (Å²) in [6.45, 7) is 1.02. The molecule has 2 aromatic heterocycles. The number of carbonyl (C=O) groups excluding carboxylic acids is 1. The summed E-state index contributed by atoms with van der Waals surface area (Å²) in [6, 6.07) is 18.4. The van der Waals surface area contributed by atoms with E-state index in [0.717, 1.165) is 20.8 Å². The smallest absolute Gasteiger partial charge is 0.257 e. The molecule has 8 heteroatoms. The lowest BCUT2D eigenvalue weighted by molar-refractivity contribution is 0.0745. The molecule has 0 aliphatic heterocycles. The Morgan fingerprint density at radius 3 is 2.65 bits per heavy atom. The summed E-state index contributed by atoms with van der Waals surface area (Å²) < 4.78 is 7.54. The number of nitrogens with zero attached hydrogens (tertiary/aromatic N) is 1. The van der Waals surface area contributed by atoms with Crippen molar-refractivity contribution in [3.8, 4) is 0 Å². The number of carbonyl (C=O) groups is 1. The number of aryl methyl sites for hydroxylation is 1. The van der Waals surface area contributed by atoms with Crippen molar-refractivity contribution in [2.24, 2.45) is 7.05 Å². The second-order valence-electron chi connectivity index (χ2n) is 7.99. The number of aliphatic hydroxyl groups excluding tert-OH is 1. The van der Waals surface area contributed by atoms with Crippen molar-refractivity contribution in [1.82, 2.24) is 9.88 Å². The van der Waals surface area contributed by atoms with Gasteiger partial charge in [0.15, 0.2) is 0 Å². The van der Waals surface area contributed by atoms with Crippen LogP contribution in [0.3, 0.4) is 0 Å². The number of fused-ring (bicyclic) bond motifs is 1. The van der Waals surface area contributed by atoms with Crippen molar-refractivity contribution in [2.45, 2.75) is 25.7 Å². The summed E-state index contributed by atoms with van der Waals surface area (Å²) in [4.78, 5) is 27.4. The summed E-state index contributed by atoms with van der Waals surface area (Å²) in [6.07, 6.45) is 1.47. The Morgan fingerprint density at radius 2 is 1.91 bits per heavy atom. The first-order valence-electron chi connectivity index (χ1n) is 10.9. The minimum absolute atomic E-state index is 0.0974. The van der Waals surface area contributed by atoms with Crippen LogP contribution in [0.5, 0.6) is 0 Å². The van der Waals surface area contributed by atoms with Gasteiger partial charge >= 0.3 is 0 Å². The van der Waals surface area contributed by atoms with E-state index >= 15 is 0 Å². The number of pyridine rings is 1. The van der Waals surface area contributed by atoms with Crippen LogP contribution < -0.4 is 10.7 Å². The molecule has 0 saturated heterocycles. The molecule has 2 aromatic carbocycles. The number of thiophene rings is 1. The van der Waals surface area contributed by atoms with E-state index in [1.165, 1.54) is 11.3 Å². The van der Waals surface area contributed by atoms with Crippen LogP contribution in [-0.4, -0.2) is 22.2 Å². The first-order valence-corrected chi connectivity index (χ1v) is 12.1. The summed E-state index contributed by atoms with van der Waals surface area (Å²) in [5.74, 6) is -0.420. The quantitative estimate of drug-likeness (QED) is 0.325. The number of ether oxygens (including phenoxy) is 1. The van der Waals surface area contributed by atoms with E-state index in [-0.39, 0.29) is 11.0 Å². The predicted octanol–water partition coefficient (Wildman–Crippen LogP) is 4.82. The second kappa shape index (κ2) is 11.0. The number of halogens is 1. The molecule has 1 unspecified atom stereocenters. The lowest BCUT2D eigenvalue weighted by atomic mass is 10.1. The van der Waals surface area contributed by atoms with E-state index in [2.05, 4.69) is 5.32 Å². The SMILES string of the molecule is Cn1cc(C(=O)NCc2ccc(Cl)cc2)c(=O)c2cc(COCCC(O)c3ccccc3)sc21. The molecule has 0 radical (unpaired) electrons. The molecule has 0 spiro atoms. The molecule has 176 valence electrons. The number of hydrogen-bond acceptors (Lipinski definition) is 5.